The summed E-state index contributed by atoms with van der Waals surface area (Å²) in [6, 6.07) is 25.4. The molecule has 1 fully saturated rings. The molecule has 0 spiro atoms. The Bertz CT molecular complexity index is 2180. The molecule has 0 saturated carbocycles. The number of sulfonamides is 1. The summed E-state index contributed by atoms with van der Waals surface area (Å²) in [5, 5.41) is 10.4. The second-order valence-electron chi connectivity index (χ2n) is 14.1. The van der Waals surface area contributed by atoms with Gasteiger partial charge in [0.2, 0.25) is 0 Å². The van der Waals surface area contributed by atoms with Crippen LogP contribution in [-0.2, 0) is 19.9 Å². The first-order valence-corrected chi connectivity index (χ1v) is 23.0. The zero-order chi connectivity index (χ0) is 41.9. The van der Waals surface area contributed by atoms with E-state index in [0.29, 0.717) is 54.6 Å². The normalized spacial score (nSPS) is 15.6. The minimum atomic E-state index is -6.03. The number of amides is 1. The Balaban J connectivity index is 1.21. The van der Waals surface area contributed by atoms with Gasteiger partial charge >= 0.3 is 5.51 Å². The van der Waals surface area contributed by atoms with E-state index in [1.165, 1.54) is 23.9 Å². The molecule has 5 rings (SSSR count). The number of alkyl halides is 3. The van der Waals surface area contributed by atoms with Crippen molar-refractivity contribution in [1.82, 2.24) is 14.9 Å². The largest absolute Gasteiger partial charge is 0.501 e. The molecule has 1 aliphatic heterocycles. The highest BCUT2D eigenvalue weighted by molar-refractivity contribution is 7.99. The van der Waals surface area contributed by atoms with E-state index in [1.807, 2.05) is 78.3 Å². The van der Waals surface area contributed by atoms with Gasteiger partial charge in [-0.05, 0) is 125 Å². The number of piperidine rings is 1. The van der Waals surface area contributed by atoms with E-state index < -0.39 is 52.8 Å². The Morgan fingerprint density at radius 3 is 2.31 bits per heavy atom. The third kappa shape index (κ3) is 12.5. The maximum Gasteiger partial charge on any atom is 0.501 e. The molecule has 11 nitrogen and oxygen atoms in total. The number of halogens is 4. The minimum Gasteiger partial charge on any atom is -0.384 e. The van der Waals surface area contributed by atoms with Crippen LogP contribution >= 0.6 is 23.4 Å². The smallest absolute Gasteiger partial charge is 0.384 e. The summed E-state index contributed by atoms with van der Waals surface area (Å²) < 4.78 is 96.1. The molecule has 1 unspecified atom stereocenters. The van der Waals surface area contributed by atoms with E-state index >= 15 is 0 Å². The van der Waals surface area contributed by atoms with Gasteiger partial charge in [-0.3, -0.25) is 4.79 Å². The fraction of sp³-hybridized carbons (Fsp3) is 0.375. The van der Waals surface area contributed by atoms with Gasteiger partial charge < -0.3 is 25.8 Å². The molecular formula is C40H48ClF3N6O5S3. The lowest BCUT2D eigenvalue weighted by atomic mass is 10.0. The van der Waals surface area contributed by atoms with Crippen molar-refractivity contribution in [3.63, 3.8) is 0 Å². The molecule has 4 N–H and O–H groups in total. The molecule has 314 valence electrons. The Morgan fingerprint density at radius 2 is 1.64 bits per heavy atom. The van der Waals surface area contributed by atoms with Crippen molar-refractivity contribution in [2.75, 3.05) is 68.1 Å². The van der Waals surface area contributed by atoms with Gasteiger partial charge in [-0.25, -0.2) is 21.6 Å². The molecule has 0 aromatic heterocycles. The maximum absolute atomic E-state index is 14.0. The number of carbonyl (C=O) groups excluding carboxylic acids is 1. The lowest BCUT2D eigenvalue weighted by Gasteiger charge is -2.38. The summed E-state index contributed by atoms with van der Waals surface area (Å²) in [6.45, 7) is 3.54. The average molecular weight is 882 g/mol. The number of nitrogens with one attached hydrogen (secondary N) is 4. The SMILES string of the molecule is CN(C)CC[C@H](CSc1ccccc1)Nc1ccc(S(=O)(=O)NC(=O)c2ccc(NCCNCC3CCCCN3c3ccc(Cl)cc3)cc2)cc1S(=O)(=O)C(F)(F)F. The molecule has 0 bridgehead atoms. The molecular weight excluding hydrogens is 833 g/mol. The average Bonchev–Trinajstić information content (AvgIpc) is 3.19. The van der Waals surface area contributed by atoms with Gasteiger partial charge in [0.15, 0.2) is 0 Å². The first kappa shape index (κ1) is 45.1. The van der Waals surface area contributed by atoms with Crippen LogP contribution in [0.2, 0.25) is 5.02 Å². The standard InChI is InChI=1S/C40H48ClF3N6O5S3/c1-49(2)25-21-32(28-56-35-9-4-3-5-10-35)47-37-20-19-36(26-38(37)57(52,53)40(42,43)44)58(54,55)48-39(51)29-11-15-31(16-12-29)46-23-22-45-27-34-8-6-7-24-50(34)33-17-13-30(41)14-18-33/h3-5,9-20,26,32,34,45-47H,6-8,21-25,27-28H2,1-2H3,(H,48,51)/t32-,34?/m1/s1. The predicted molar refractivity (Wildman–Crippen MR) is 226 cm³/mol. The third-order valence-electron chi connectivity index (χ3n) is 9.51. The number of rotatable bonds is 19. The Morgan fingerprint density at radius 1 is 0.931 bits per heavy atom. The van der Waals surface area contributed by atoms with Crippen LogP contribution in [0, 0.1) is 0 Å². The molecule has 4 aromatic rings. The quantitative estimate of drug-likeness (QED) is 0.0556. The van der Waals surface area contributed by atoms with Crippen molar-refractivity contribution in [1.29, 1.82) is 0 Å². The molecule has 1 amide bonds. The van der Waals surface area contributed by atoms with E-state index in [0.717, 1.165) is 55.1 Å². The number of carbonyl (C=O) groups is 1. The van der Waals surface area contributed by atoms with E-state index in [-0.39, 0.29) is 5.56 Å². The Labute approximate surface area is 348 Å². The van der Waals surface area contributed by atoms with Gasteiger partial charge in [0.1, 0.15) is 4.90 Å². The molecule has 1 saturated heterocycles. The third-order valence-corrected chi connectivity index (χ3v) is 13.8. The Kier molecular flexibility index (Phi) is 15.8. The summed E-state index contributed by atoms with van der Waals surface area (Å²) >= 11 is 7.51. The van der Waals surface area contributed by atoms with Gasteiger partial charge in [-0.1, -0.05) is 29.8 Å². The first-order valence-electron chi connectivity index (χ1n) is 18.7. The van der Waals surface area contributed by atoms with Crippen molar-refractivity contribution in [3.05, 3.63) is 108 Å². The second-order valence-corrected chi connectivity index (χ2v) is 19.2. The molecule has 0 aliphatic carbocycles. The van der Waals surface area contributed by atoms with Crippen LogP contribution in [0.4, 0.5) is 30.2 Å². The number of sulfone groups is 1. The van der Waals surface area contributed by atoms with Crippen molar-refractivity contribution in [2.24, 2.45) is 0 Å². The summed E-state index contributed by atoms with van der Waals surface area (Å²) in [5.41, 5.74) is -4.35. The maximum atomic E-state index is 14.0. The zero-order valence-electron chi connectivity index (χ0n) is 32.1. The zero-order valence-corrected chi connectivity index (χ0v) is 35.3. The first-order chi connectivity index (χ1) is 27.5. The van der Waals surface area contributed by atoms with Crippen LogP contribution in [0.5, 0.6) is 0 Å². The lowest BCUT2D eigenvalue weighted by Crippen LogP contribution is -2.46. The topological polar surface area (TPSA) is 140 Å². The highest BCUT2D eigenvalue weighted by Crippen LogP contribution is 2.37. The molecule has 1 aliphatic rings. The monoisotopic (exact) mass is 880 g/mol. The van der Waals surface area contributed by atoms with Gasteiger partial charge in [0.25, 0.3) is 25.8 Å². The number of hydrogen-bond acceptors (Lipinski definition) is 11. The van der Waals surface area contributed by atoms with Crippen molar-refractivity contribution in [2.45, 2.75) is 58.0 Å². The summed E-state index contributed by atoms with van der Waals surface area (Å²) in [5.74, 6) is -0.675. The summed E-state index contributed by atoms with van der Waals surface area (Å²) in [4.78, 5) is 16.2. The molecule has 4 aromatic carbocycles. The molecule has 2 atom stereocenters. The van der Waals surface area contributed by atoms with Gasteiger partial charge in [0, 0.05) is 70.9 Å². The van der Waals surface area contributed by atoms with Crippen molar-refractivity contribution in [3.8, 4) is 0 Å². The van der Waals surface area contributed by atoms with Crippen LogP contribution in [0.1, 0.15) is 36.0 Å². The highest BCUT2D eigenvalue weighted by Gasteiger charge is 2.48. The molecule has 0 radical (unpaired) electrons. The number of hydrogen-bond donors (Lipinski definition) is 4. The van der Waals surface area contributed by atoms with Gasteiger partial charge in [0.05, 0.1) is 10.6 Å². The second kappa shape index (κ2) is 20.3. The van der Waals surface area contributed by atoms with E-state index in [4.69, 9.17) is 11.6 Å². The lowest BCUT2D eigenvalue weighted by molar-refractivity contribution is -0.0435. The fourth-order valence-corrected chi connectivity index (χ4v) is 9.55. The van der Waals surface area contributed by atoms with Crippen LogP contribution in [0.25, 0.3) is 0 Å². The van der Waals surface area contributed by atoms with Crippen molar-refractivity contribution < 1.29 is 34.8 Å². The van der Waals surface area contributed by atoms with Crippen molar-refractivity contribution >= 4 is 66.2 Å². The van der Waals surface area contributed by atoms with E-state index in [1.54, 1.807) is 12.1 Å². The van der Waals surface area contributed by atoms with E-state index in [9.17, 15) is 34.8 Å². The van der Waals surface area contributed by atoms with Gasteiger partial charge in [-0.2, -0.15) is 13.2 Å². The molecule has 58 heavy (non-hydrogen) atoms. The van der Waals surface area contributed by atoms with Crippen LogP contribution < -0.4 is 25.6 Å². The minimum absolute atomic E-state index is 0.0343. The van der Waals surface area contributed by atoms with E-state index in [2.05, 4.69) is 20.9 Å². The number of thioether (sulfide) groups is 1. The van der Waals surface area contributed by atoms with Crippen LogP contribution in [0.3, 0.4) is 0 Å². The number of nitrogens with zero attached hydrogens (tertiary/aromatic N) is 2. The highest BCUT2D eigenvalue weighted by atomic mass is 35.5. The Hall–Kier alpha value is -4.00. The molecule has 1 heterocycles. The summed E-state index contributed by atoms with van der Waals surface area (Å²) in [7, 11) is -7.18. The summed E-state index contributed by atoms with van der Waals surface area (Å²) in [6.07, 6.45) is 3.80. The number of anilines is 3. The van der Waals surface area contributed by atoms with Crippen LogP contribution in [0.15, 0.2) is 112 Å². The van der Waals surface area contributed by atoms with Crippen LogP contribution in [-0.4, -0.2) is 97.8 Å². The fourth-order valence-electron chi connectivity index (χ4n) is 6.41. The predicted octanol–water partition coefficient (Wildman–Crippen LogP) is 7.34. The van der Waals surface area contributed by atoms with Gasteiger partial charge in [-0.15, -0.1) is 11.8 Å². The molecule has 18 heteroatoms. The number of benzene rings is 4.